The van der Waals surface area contributed by atoms with Crippen molar-refractivity contribution in [2.24, 2.45) is 5.92 Å². The van der Waals surface area contributed by atoms with Gasteiger partial charge in [-0.05, 0) is 91.6 Å². The molecule has 7 nitrogen and oxygen atoms in total. The number of nitrogens with zero attached hydrogens (tertiary/aromatic N) is 5. The first-order chi connectivity index (χ1) is 14.8. The second-order valence-electron chi connectivity index (χ2n) is 9.59. The van der Waals surface area contributed by atoms with Crippen LogP contribution in [0.25, 0.3) is 10.9 Å². The lowest BCUT2D eigenvalue weighted by Crippen LogP contribution is -2.42. The number of pyridine rings is 1. The van der Waals surface area contributed by atoms with E-state index >= 15 is 0 Å². The van der Waals surface area contributed by atoms with Gasteiger partial charge in [0.2, 0.25) is 0 Å². The molecule has 1 fully saturated rings. The van der Waals surface area contributed by atoms with Gasteiger partial charge in [0.05, 0.1) is 5.54 Å². The van der Waals surface area contributed by atoms with Gasteiger partial charge in [-0.2, -0.15) is 0 Å². The highest BCUT2D eigenvalue weighted by Gasteiger charge is 2.35. The Bertz CT molecular complexity index is 1110. The average Bonchev–Trinajstić information content (AvgIpc) is 3.24. The van der Waals surface area contributed by atoms with Crippen molar-refractivity contribution in [1.29, 1.82) is 0 Å². The molecule has 0 saturated carbocycles. The van der Waals surface area contributed by atoms with Gasteiger partial charge in [0.1, 0.15) is 6.04 Å². The van der Waals surface area contributed by atoms with Crippen molar-refractivity contribution in [1.82, 2.24) is 30.1 Å². The fourth-order valence-electron chi connectivity index (χ4n) is 4.60. The summed E-state index contributed by atoms with van der Waals surface area (Å²) in [6, 6.07) is 8.02. The number of hydrogen-bond acceptors (Lipinski definition) is 5. The van der Waals surface area contributed by atoms with Crippen LogP contribution < -0.4 is 5.56 Å². The largest absolute Gasteiger partial charge is 0.322 e. The van der Waals surface area contributed by atoms with Crippen molar-refractivity contribution in [2.75, 3.05) is 13.1 Å². The van der Waals surface area contributed by atoms with Crippen LogP contribution in [0.15, 0.2) is 29.1 Å². The third-order valence-electron chi connectivity index (χ3n) is 6.87. The highest BCUT2D eigenvalue weighted by molar-refractivity contribution is 5.80. The van der Waals surface area contributed by atoms with Crippen molar-refractivity contribution >= 4 is 10.9 Å². The Morgan fingerprint density at radius 2 is 2.06 bits per heavy atom. The number of benzene rings is 1. The molecule has 166 valence electrons. The van der Waals surface area contributed by atoms with Crippen LogP contribution >= 0.6 is 0 Å². The quantitative estimate of drug-likeness (QED) is 0.648. The van der Waals surface area contributed by atoms with Crippen LogP contribution in [0.5, 0.6) is 0 Å². The fraction of sp³-hybridized carbons (Fsp3) is 0.583. The van der Waals surface area contributed by atoms with E-state index in [1.54, 1.807) is 0 Å². The van der Waals surface area contributed by atoms with Gasteiger partial charge in [0.15, 0.2) is 5.82 Å². The van der Waals surface area contributed by atoms with E-state index < -0.39 is 0 Å². The standard InChI is InChI=1S/C24H34N6O/c1-6-17-10-11-20-18(13-17)14-19(23(31)25-20)21(29-12-8-9-16(3)15-29)22-26-27-28-30(22)24(4,5)7-2/h10-11,13-14,16,21H,6-9,12,15H2,1-5H3,(H,25,31)/t16-,21-/m1/s1. The van der Waals surface area contributed by atoms with Crippen LogP contribution in [0.1, 0.15) is 76.9 Å². The highest BCUT2D eigenvalue weighted by atomic mass is 16.1. The highest BCUT2D eigenvalue weighted by Crippen LogP contribution is 2.33. The minimum absolute atomic E-state index is 0.0659. The second-order valence-corrected chi connectivity index (χ2v) is 9.59. The maximum atomic E-state index is 13.3. The minimum Gasteiger partial charge on any atom is -0.322 e. The third-order valence-corrected chi connectivity index (χ3v) is 6.87. The normalized spacial score (nSPS) is 19.1. The maximum absolute atomic E-state index is 13.3. The summed E-state index contributed by atoms with van der Waals surface area (Å²) in [6.45, 7) is 12.7. The molecule has 0 amide bonds. The summed E-state index contributed by atoms with van der Waals surface area (Å²) in [5, 5.41) is 13.9. The zero-order valence-electron chi connectivity index (χ0n) is 19.4. The number of likely N-dealkylation sites (tertiary alicyclic amines) is 1. The molecule has 1 aliphatic heterocycles. The third kappa shape index (κ3) is 4.15. The molecule has 0 spiro atoms. The van der Waals surface area contributed by atoms with Gasteiger partial charge < -0.3 is 4.98 Å². The number of nitrogens with one attached hydrogen (secondary N) is 1. The van der Waals surface area contributed by atoms with E-state index in [4.69, 9.17) is 0 Å². The van der Waals surface area contributed by atoms with Gasteiger partial charge in [-0.25, -0.2) is 4.68 Å². The van der Waals surface area contributed by atoms with Crippen LogP contribution in [0, 0.1) is 5.92 Å². The van der Waals surface area contributed by atoms with Crippen molar-refractivity contribution in [2.45, 2.75) is 71.9 Å². The van der Waals surface area contributed by atoms with Crippen LogP contribution in [-0.4, -0.2) is 43.2 Å². The molecule has 1 aliphatic rings. The molecule has 1 aromatic carbocycles. The van der Waals surface area contributed by atoms with Crippen LogP contribution in [0.4, 0.5) is 0 Å². The van der Waals surface area contributed by atoms with Crippen LogP contribution in [-0.2, 0) is 12.0 Å². The maximum Gasteiger partial charge on any atom is 0.253 e. The van der Waals surface area contributed by atoms with E-state index in [2.05, 4.69) is 78.2 Å². The molecule has 2 atom stereocenters. The van der Waals surface area contributed by atoms with Crippen molar-refractivity contribution < 1.29 is 0 Å². The summed E-state index contributed by atoms with van der Waals surface area (Å²) in [7, 11) is 0. The molecule has 7 heteroatoms. The van der Waals surface area contributed by atoms with Crippen LogP contribution in [0.3, 0.4) is 0 Å². The monoisotopic (exact) mass is 422 g/mol. The second kappa shape index (κ2) is 8.54. The number of aromatic nitrogens is 5. The topological polar surface area (TPSA) is 79.7 Å². The molecule has 0 aliphatic carbocycles. The Kier molecular flexibility index (Phi) is 5.97. The lowest BCUT2D eigenvalue weighted by atomic mass is 9.94. The minimum atomic E-state index is -0.276. The van der Waals surface area contributed by atoms with Gasteiger partial charge in [-0.15, -0.1) is 5.10 Å². The number of tetrazole rings is 1. The van der Waals surface area contributed by atoms with E-state index in [1.807, 2.05) is 10.7 Å². The van der Waals surface area contributed by atoms with Crippen LogP contribution in [0.2, 0.25) is 0 Å². The average molecular weight is 423 g/mol. The summed E-state index contributed by atoms with van der Waals surface area (Å²) < 4.78 is 1.92. The molecule has 3 aromatic rings. The molecule has 31 heavy (non-hydrogen) atoms. The van der Waals surface area contributed by atoms with E-state index in [9.17, 15) is 4.79 Å². The smallest absolute Gasteiger partial charge is 0.253 e. The Labute approximate surface area is 183 Å². The lowest BCUT2D eigenvalue weighted by Gasteiger charge is -2.37. The molecule has 1 N–H and O–H groups in total. The Hall–Kier alpha value is -2.54. The summed E-state index contributed by atoms with van der Waals surface area (Å²) in [4.78, 5) is 18.8. The summed E-state index contributed by atoms with van der Waals surface area (Å²) in [6.07, 6.45) is 4.17. The summed E-state index contributed by atoms with van der Waals surface area (Å²) >= 11 is 0. The van der Waals surface area contributed by atoms with Gasteiger partial charge in [0, 0.05) is 17.6 Å². The van der Waals surface area contributed by atoms with E-state index in [0.29, 0.717) is 5.92 Å². The number of hydrogen-bond donors (Lipinski definition) is 1. The lowest BCUT2D eigenvalue weighted by molar-refractivity contribution is 0.135. The molecule has 0 radical (unpaired) electrons. The van der Waals surface area contributed by atoms with E-state index in [0.717, 1.165) is 54.6 Å². The molecule has 4 rings (SSSR count). The number of aryl methyl sites for hydroxylation is 1. The van der Waals surface area contributed by atoms with Gasteiger partial charge in [0.25, 0.3) is 5.56 Å². The first kappa shape index (κ1) is 21.7. The molecular formula is C24H34N6O. The number of rotatable bonds is 6. The Morgan fingerprint density at radius 3 is 2.77 bits per heavy atom. The van der Waals surface area contributed by atoms with Crippen molar-refractivity contribution in [3.8, 4) is 0 Å². The van der Waals surface area contributed by atoms with E-state index in [1.165, 1.54) is 12.0 Å². The van der Waals surface area contributed by atoms with Gasteiger partial charge >= 0.3 is 0 Å². The summed E-state index contributed by atoms with van der Waals surface area (Å²) in [5.74, 6) is 1.32. The Morgan fingerprint density at radius 1 is 1.26 bits per heavy atom. The number of aromatic amines is 1. The first-order valence-corrected chi connectivity index (χ1v) is 11.5. The fourth-order valence-corrected chi connectivity index (χ4v) is 4.60. The predicted octanol–water partition coefficient (Wildman–Crippen LogP) is 4.04. The molecule has 1 saturated heterocycles. The van der Waals surface area contributed by atoms with Gasteiger partial charge in [-0.3, -0.25) is 9.69 Å². The zero-order chi connectivity index (χ0) is 22.2. The Balaban J connectivity index is 1.91. The van der Waals surface area contributed by atoms with Crippen molar-refractivity contribution in [3.05, 3.63) is 51.6 Å². The predicted molar refractivity (Wildman–Crippen MR) is 123 cm³/mol. The number of H-pyrrole nitrogens is 1. The molecule has 0 bridgehead atoms. The SMILES string of the molecule is CCc1ccc2[nH]c(=O)c([C@H](c3nnnn3C(C)(C)CC)N3CCC[C@@H](C)C3)cc2c1. The zero-order valence-corrected chi connectivity index (χ0v) is 19.4. The van der Waals surface area contributed by atoms with Crippen molar-refractivity contribution in [3.63, 3.8) is 0 Å². The molecular weight excluding hydrogens is 388 g/mol. The first-order valence-electron chi connectivity index (χ1n) is 11.5. The van der Waals surface area contributed by atoms with Gasteiger partial charge in [-0.1, -0.05) is 26.8 Å². The summed E-state index contributed by atoms with van der Waals surface area (Å²) in [5.41, 5.74) is 2.54. The molecule has 0 unspecified atom stereocenters. The number of piperidine rings is 1. The molecule has 3 heterocycles. The number of fused-ring (bicyclic) bond motifs is 1. The van der Waals surface area contributed by atoms with E-state index in [-0.39, 0.29) is 17.1 Å². The molecule has 2 aromatic heterocycles.